The van der Waals surface area contributed by atoms with Crippen LogP contribution < -0.4 is 0 Å². The summed E-state index contributed by atoms with van der Waals surface area (Å²) < 4.78 is 45.3. The Balaban J connectivity index is 2.15. The van der Waals surface area contributed by atoms with E-state index in [9.17, 15) is 13.2 Å². The van der Waals surface area contributed by atoms with Gasteiger partial charge in [-0.1, -0.05) is 0 Å². The molecule has 0 unspecified atom stereocenters. The molecule has 0 atom stereocenters. The average Bonchev–Trinajstić information content (AvgIpc) is 2.28. The minimum atomic E-state index is -4.23. The van der Waals surface area contributed by atoms with Gasteiger partial charge in [0.1, 0.15) is 6.61 Å². The molecule has 1 aliphatic rings. The Labute approximate surface area is 104 Å². The zero-order chi connectivity index (χ0) is 12.8. The summed E-state index contributed by atoms with van der Waals surface area (Å²) in [5, 5.41) is 0. The van der Waals surface area contributed by atoms with Crippen molar-refractivity contribution in [3.8, 4) is 0 Å². The van der Waals surface area contributed by atoms with Gasteiger partial charge in [0.15, 0.2) is 0 Å². The van der Waals surface area contributed by atoms with Gasteiger partial charge in [-0.25, -0.2) is 0 Å². The van der Waals surface area contributed by atoms with E-state index in [1.807, 2.05) is 0 Å². The van der Waals surface area contributed by atoms with Crippen molar-refractivity contribution in [2.24, 2.45) is 5.41 Å². The Morgan fingerprint density at radius 3 is 2.41 bits per heavy atom. The summed E-state index contributed by atoms with van der Waals surface area (Å²) in [6.45, 7) is 0.356. The lowest BCUT2D eigenvalue weighted by Gasteiger charge is -2.35. The smallest absolute Gasteiger partial charge is 0.381 e. The zero-order valence-corrected chi connectivity index (χ0v) is 10.4. The van der Waals surface area contributed by atoms with Gasteiger partial charge in [0.25, 0.3) is 0 Å². The van der Waals surface area contributed by atoms with Crippen LogP contribution in [0.2, 0.25) is 0 Å². The molecule has 0 saturated carbocycles. The molecule has 1 aliphatic heterocycles. The van der Waals surface area contributed by atoms with Gasteiger partial charge in [0.2, 0.25) is 0 Å². The number of hydrogen-bond donors (Lipinski definition) is 0. The first kappa shape index (κ1) is 15.1. The highest BCUT2D eigenvalue weighted by Crippen LogP contribution is 2.36. The van der Waals surface area contributed by atoms with Crippen LogP contribution in [0.4, 0.5) is 13.2 Å². The van der Waals surface area contributed by atoms with E-state index in [0.29, 0.717) is 25.5 Å². The zero-order valence-electron chi connectivity index (χ0n) is 9.69. The quantitative estimate of drug-likeness (QED) is 0.546. The van der Waals surface area contributed by atoms with Crippen molar-refractivity contribution in [1.82, 2.24) is 0 Å². The van der Waals surface area contributed by atoms with Crippen LogP contribution >= 0.6 is 11.6 Å². The fourth-order valence-electron chi connectivity index (χ4n) is 1.99. The fraction of sp³-hybridized carbons (Fsp3) is 1.00. The van der Waals surface area contributed by atoms with Crippen molar-refractivity contribution in [2.75, 3.05) is 32.3 Å². The molecule has 0 N–H and O–H groups in total. The van der Waals surface area contributed by atoms with Gasteiger partial charge in [-0.2, -0.15) is 13.2 Å². The van der Waals surface area contributed by atoms with Crippen LogP contribution in [0.1, 0.15) is 25.7 Å². The Morgan fingerprint density at radius 1 is 1.24 bits per heavy atom. The topological polar surface area (TPSA) is 18.5 Å². The largest absolute Gasteiger partial charge is 0.411 e. The van der Waals surface area contributed by atoms with Crippen molar-refractivity contribution in [3.63, 3.8) is 0 Å². The van der Waals surface area contributed by atoms with Crippen molar-refractivity contribution >= 4 is 11.6 Å². The normalized spacial score (nSPS) is 20.5. The van der Waals surface area contributed by atoms with E-state index >= 15 is 0 Å². The number of alkyl halides is 4. The highest BCUT2D eigenvalue weighted by molar-refractivity contribution is 6.18. The van der Waals surface area contributed by atoms with Crippen molar-refractivity contribution in [2.45, 2.75) is 31.9 Å². The molecule has 0 spiro atoms. The van der Waals surface area contributed by atoms with E-state index in [2.05, 4.69) is 4.74 Å². The van der Waals surface area contributed by atoms with Gasteiger partial charge in [-0.05, 0) is 31.1 Å². The predicted octanol–water partition coefficient (Wildman–Crippen LogP) is 3.38. The second-order valence-electron chi connectivity index (χ2n) is 4.52. The maximum atomic E-state index is 11.8. The van der Waals surface area contributed by atoms with Crippen LogP contribution in [0.5, 0.6) is 0 Å². The number of ether oxygens (including phenoxy) is 2. The molecule has 102 valence electrons. The molecule has 1 heterocycles. The summed E-state index contributed by atoms with van der Waals surface area (Å²) in [5.41, 5.74) is 0.0292. The molecule has 0 radical (unpaired) electrons. The first-order valence-corrected chi connectivity index (χ1v) is 6.29. The monoisotopic (exact) mass is 274 g/mol. The molecule has 0 aromatic rings. The summed E-state index contributed by atoms with van der Waals surface area (Å²) >= 11 is 5.95. The van der Waals surface area contributed by atoms with Crippen molar-refractivity contribution in [1.29, 1.82) is 0 Å². The number of halogens is 4. The van der Waals surface area contributed by atoms with E-state index in [0.717, 1.165) is 19.3 Å². The summed E-state index contributed by atoms with van der Waals surface area (Å²) in [6, 6.07) is 0. The maximum absolute atomic E-state index is 11.8. The Morgan fingerprint density at radius 2 is 1.88 bits per heavy atom. The van der Waals surface area contributed by atoms with Crippen LogP contribution in [-0.4, -0.2) is 38.5 Å². The Bertz CT molecular complexity index is 215. The van der Waals surface area contributed by atoms with Gasteiger partial charge in [0.05, 0.1) is 0 Å². The molecule has 2 nitrogen and oxygen atoms in total. The first-order valence-electron chi connectivity index (χ1n) is 5.76. The summed E-state index contributed by atoms with van der Waals surface area (Å²) in [7, 11) is 0. The summed E-state index contributed by atoms with van der Waals surface area (Å²) in [5.74, 6) is 0.537. The molecule has 0 bridgehead atoms. The molecule has 0 aromatic heterocycles. The van der Waals surface area contributed by atoms with Crippen LogP contribution in [0.3, 0.4) is 0 Å². The van der Waals surface area contributed by atoms with E-state index in [1.54, 1.807) is 0 Å². The third-order valence-corrected chi connectivity index (χ3v) is 3.67. The van der Waals surface area contributed by atoms with Crippen molar-refractivity contribution < 1.29 is 22.6 Å². The molecular weight excluding hydrogens is 257 g/mol. The Hall–Kier alpha value is -0.0000000000000000208. The predicted molar refractivity (Wildman–Crippen MR) is 59.3 cm³/mol. The lowest BCUT2D eigenvalue weighted by atomic mass is 9.78. The van der Waals surface area contributed by atoms with Crippen LogP contribution in [-0.2, 0) is 9.47 Å². The van der Waals surface area contributed by atoms with Gasteiger partial charge in [0, 0.05) is 25.7 Å². The van der Waals surface area contributed by atoms with Crippen molar-refractivity contribution in [3.05, 3.63) is 0 Å². The Kier molecular flexibility index (Phi) is 6.03. The second kappa shape index (κ2) is 6.81. The van der Waals surface area contributed by atoms with Crippen LogP contribution in [0, 0.1) is 5.41 Å². The van der Waals surface area contributed by atoms with E-state index in [1.165, 1.54) is 0 Å². The molecular formula is C11H18ClF3O2. The standard InChI is InChI=1S/C11H18ClF3O2/c12-8-10(3-6-16-7-4-10)2-1-5-17-9-11(13,14)15/h1-9H2. The molecule has 0 amide bonds. The first-order chi connectivity index (χ1) is 7.97. The van der Waals surface area contributed by atoms with Crippen LogP contribution in [0.15, 0.2) is 0 Å². The molecule has 1 saturated heterocycles. The highest BCUT2D eigenvalue weighted by atomic mass is 35.5. The fourth-order valence-corrected chi connectivity index (χ4v) is 2.39. The molecule has 17 heavy (non-hydrogen) atoms. The molecule has 0 aromatic carbocycles. The number of hydrogen-bond acceptors (Lipinski definition) is 2. The van der Waals surface area contributed by atoms with E-state index in [-0.39, 0.29) is 12.0 Å². The number of rotatable bonds is 6. The molecule has 0 aliphatic carbocycles. The lowest BCUT2D eigenvalue weighted by Crippen LogP contribution is -2.31. The highest BCUT2D eigenvalue weighted by Gasteiger charge is 2.31. The minimum Gasteiger partial charge on any atom is -0.381 e. The van der Waals surface area contributed by atoms with Gasteiger partial charge >= 0.3 is 6.18 Å². The lowest BCUT2D eigenvalue weighted by molar-refractivity contribution is -0.174. The third-order valence-electron chi connectivity index (χ3n) is 3.10. The molecule has 6 heteroatoms. The summed E-state index contributed by atoms with van der Waals surface area (Å²) in [4.78, 5) is 0. The average molecular weight is 275 g/mol. The molecule has 1 fully saturated rings. The minimum absolute atomic E-state index is 0.0292. The third kappa shape index (κ3) is 5.93. The van der Waals surface area contributed by atoms with Crippen LogP contribution in [0.25, 0.3) is 0 Å². The SMILES string of the molecule is FC(F)(F)COCCCC1(CCl)CCOCC1. The van der Waals surface area contributed by atoms with Gasteiger partial charge in [-0.15, -0.1) is 11.6 Å². The second-order valence-corrected chi connectivity index (χ2v) is 4.78. The van der Waals surface area contributed by atoms with E-state index < -0.39 is 12.8 Å². The maximum Gasteiger partial charge on any atom is 0.411 e. The van der Waals surface area contributed by atoms with E-state index in [4.69, 9.17) is 16.3 Å². The van der Waals surface area contributed by atoms with Gasteiger partial charge in [-0.3, -0.25) is 0 Å². The molecule has 1 rings (SSSR count). The summed E-state index contributed by atoms with van der Waals surface area (Å²) in [6.07, 6.45) is -1.05. The van der Waals surface area contributed by atoms with Gasteiger partial charge < -0.3 is 9.47 Å².